The number of aromatic nitrogens is 3. The second-order valence-corrected chi connectivity index (χ2v) is 6.46. The smallest absolute Gasteiger partial charge is 0.191 e. The Hall–Kier alpha value is -1.68. The fourth-order valence-corrected chi connectivity index (χ4v) is 3.25. The highest BCUT2D eigenvalue weighted by Crippen LogP contribution is 2.32. The van der Waals surface area contributed by atoms with Crippen LogP contribution in [-0.4, -0.2) is 40.9 Å². The minimum absolute atomic E-state index is 0. The van der Waals surface area contributed by atoms with Crippen molar-refractivity contribution in [2.75, 3.05) is 20.2 Å². The molecule has 8 heteroatoms. The number of aryl methyl sites for hydroxylation is 2. The van der Waals surface area contributed by atoms with E-state index in [-0.39, 0.29) is 30.1 Å². The van der Waals surface area contributed by atoms with Gasteiger partial charge in [0.1, 0.15) is 12.2 Å². The van der Waals surface area contributed by atoms with Gasteiger partial charge < -0.3 is 15.4 Å². The van der Waals surface area contributed by atoms with Crippen molar-refractivity contribution in [3.63, 3.8) is 0 Å². The van der Waals surface area contributed by atoms with E-state index in [9.17, 15) is 0 Å². The number of halogens is 1. The first kappa shape index (κ1) is 21.6. The molecule has 7 nitrogen and oxygen atoms in total. The lowest BCUT2D eigenvalue weighted by Gasteiger charge is -2.25. The van der Waals surface area contributed by atoms with Crippen molar-refractivity contribution in [1.29, 1.82) is 0 Å². The first-order chi connectivity index (χ1) is 12.8. The molecular formula is C19H29IN6O. The van der Waals surface area contributed by atoms with E-state index in [4.69, 9.17) is 4.74 Å². The van der Waals surface area contributed by atoms with Crippen LogP contribution in [0.3, 0.4) is 0 Å². The molecule has 0 spiro atoms. The molecule has 1 aliphatic rings. The van der Waals surface area contributed by atoms with E-state index >= 15 is 0 Å². The molecule has 1 heterocycles. The summed E-state index contributed by atoms with van der Waals surface area (Å²) < 4.78 is 7.88. The quantitative estimate of drug-likeness (QED) is 0.274. The average Bonchev–Trinajstić information content (AvgIpc) is 3.09. The zero-order valence-corrected chi connectivity index (χ0v) is 18.3. The molecular weight excluding hydrogens is 455 g/mol. The lowest BCUT2D eigenvalue weighted by molar-refractivity contribution is 0.0398. The summed E-state index contributed by atoms with van der Waals surface area (Å²) in [6.07, 6.45) is 6.22. The average molecular weight is 484 g/mol. The highest BCUT2D eigenvalue weighted by atomic mass is 127. The van der Waals surface area contributed by atoms with Crippen LogP contribution >= 0.6 is 24.0 Å². The van der Waals surface area contributed by atoms with Gasteiger partial charge in [0.2, 0.25) is 0 Å². The third-order valence-corrected chi connectivity index (χ3v) is 4.69. The Bertz CT molecular complexity index is 732. The van der Waals surface area contributed by atoms with Gasteiger partial charge in [-0.25, -0.2) is 4.98 Å². The van der Waals surface area contributed by atoms with Crippen molar-refractivity contribution in [2.24, 2.45) is 12.0 Å². The van der Waals surface area contributed by atoms with Crippen molar-refractivity contribution in [3.8, 4) is 0 Å². The predicted molar refractivity (Wildman–Crippen MR) is 117 cm³/mol. The summed E-state index contributed by atoms with van der Waals surface area (Å²) >= 11 is 0. The predicted octanol–water partition coefficient (Wildman–Crippen LogP) is 2.58. The van der Waals surface area contributed by atoms with Crippen LogP contribution < -0.4 is 10.6 Å². The van der Waals surface area contributed by atoms with E-state index in [1.54, 1.807) is 18.1 Å². The molecule has 27 heavy (non-hydrogen) atoms. The normalized spacial score (nSPS) is 16.4. The minimum atomic E-state index is 0. The van der Waals surface area contributed by atoms with Gasteiger partial charge in [-0.1, -0.05) is 24.3 Å². The van der Waals surface area contributed by atoms with Crippen molar-refractivity contribution < 1.29 is 4.74 Å². The molecule has 1 atom stereocenters. The van der Waals surface area contributed by atoms with Crippen molar-refractivity contribution in [1.82, 2.24) is 25.4 Å². The first-order valence-electron chi connectivity index (χ1n) is 9.24. The third kappa shape index (κ3) is 6.17. The Kier molecular flexibility index (Phi) is 8.99. The van der Waals surface area contributed by atoms with Crippen molar-refractivity contribution >= 4 is 29.9 Å². The Balaban J connectivity index is 0.00000261. The third-order valence-electron chi connectivity index (χ3n) is 4.69. The van der Waals surface area contributed by atoms with Gasteiger partial charge >= 0.3 is 0 Å². The Morgan fingerprint density at radius 3 is 2.96 bits per heavy atom. The second-order valence-electron chi connectivity index (χ2n) is 6.46. The van der Waals surface area contributed by atoms with E-state index in [0.717, 1.165) is 37.8 Å². The zero-order valence-electron chi connectivity index (χ0n) is 16.0. The van der Waals surface area contributed by atoms with Crippen molar-refractivity contribution in [3.05, 3.63) is 47.5 Å². The van der Waals surface area contributed by atoms with Crippen LogP contribution in [0.4, 0.5) is 0 Å². The summed E-state index contributed by atoms with van der Waals surface area (Å²) in [5.41, 5.74) is 2.81. The summed E-state index contributed by atoms with van der Waals surface area (Å²) in [4.78, 5) is 8.42. The lowest BCUT2D eigenvalue weighted by atomic mass is 9.89. The number of rotatable bonds is 7. The van der Waals surface area contributed by atoms with E-state index in [1.165, 1.54) is 24.0 Å². The zero-order chi connectivity index (χ0) is 18.2. The Morgan fingerprint density at radius 1 is 1.33 bits per heavy atom. The van der Waals surface area contributed by atoms with Crippen LogP contribution in [0, 0.1) is 0 Å². The number of ether oxygens (including phenoxy) is 1. The monoisotopic (exact) mass is 484 g/mol. The largest absolute Gasteiger partial charge is 0.373 e. The van der Waals surface area contributed by atoms with Crippen LogP contribution in [0.1, 0.15) is 42.3 Å². The molecule has 2 aromatic rings. The molecule has 1 aliphatic carbocycles. The molecule has 0 fully saturated rings. The molecule has 1 aromatic heterocycles. The van der Waals surface area contributed by atoms with E-state index in [0.29, 0.717) is 6.54 Å². The maximum atomic E-state index is 6.14. The number of nitrogens with one attached hydrogen (secondary N) is 2. The summed E-state index contributed by atoms with van der Waals surface area (Å²) in [5, 5.41) is 10.6. The Morgan fingerprint density at radius 2 is 2.19 bits per heavy atom. The molecule has 0 aliphatic heterocycles. The van der Waals surface area contributed by atoms with Crippen molar-refractivity contribution in [2.45, 2.75) is 38.3 Å². The number of aliphatic imine (C=N–C) groups is 1. The lowest BCUT2D eigenvalue weighted by Crippen LogP contribution is -2.38. The summed E-state index contributed by atoms with van der Waals surface area (Å²) in [7, 11) is 3.64. The fourth-order valence-electron chi connectivity index (χ4n) is 3.25. The molecule has 0 bridgehead atoms. The molecule has 0 saturated heterocycles. The number of guanidine groups is 1. The van der Waals surface area contributed by atoms with Gasteiger partial charge in [0.05, 0.1) is 12.6 Å². The maximum absolute atomic E-state index is 6.14. The van der Waals surface area contributed by atoms with Gasteiger partial charge in [0.25, 0.3) is 0 Å². The second kappa shape index (κ2) is 11.2. The standard InChI is InChI=1S/C19H28N6O.HI/c1-20-19(22-13-18-23-14-24-25(18)2)21-11-6-12-26-17-10-5-8-15-7-3-4-9-16(15)17;/h3-4,7,9,14,17H,5-6,8,10-13H2,1-2H3,(H2,20,21,22);1H. The minimum Gasteiger partial charge on any atom is -0.373 e. The summed E-state index contributed by atoms with van der Waals surface area (Å²) in [5.74, 6) is 1.63. The number of benzene rings is 1. The van der Waals surface area contributed by atoms with Gasteiger partial charge in [-0.05, 0) is 36.8 Å². The molecule has 1 unspecified atom stereocenters. The summed E-state index contributed by atoms with van der Waals surface area (Å²) in [6, 6.07) is 8.65. The first-order valence-corrected chi connectivity index (χ1v) is 9.24. The number of fused-ring (bicyclic) bond motifs is 1. The molecule has 1 aromatic carbocycles. The Labute approximate surface area is 178 Å². The van der Waals surface area contributed by atoms with Crippen LogP contribution in [0.5, 0.6) is 0 Å². The van der Waals surface area contributed by atoms with E-state index in [1.807, 2.05) is 7.05 Å². The maximum Gasteiger partial charge on any atom is 0.191 e. The van der Waals surface area contributed by atoms with Crippen LogP contribution in [-0.2, 0) is 24.8 Å². The van der Waals surface area contributed by atoms with Crippen LogP contribution in [0.2, 0.25) is 0 Å². The van der Waals surface area contributed by atoms with Crippen LogP contribution in [0.15, 0.2) is 35.6 Å². The number of hydrogen-bond donors (Lipinski definition) is 2. The number of hydrogen-bond acceptors (Lipinski definition) is 4. The van der Waals surface area contributed by atoms with E-state index in [2.05, 4.69) is 50.0 Å². The van der Waals surface area contributed by atoms with Gasteiger partial charge in [-0.2, -0.15) is 5.10 Å². The van der Waals surface area contributed by atoms with E-state index < -0.39 is 0 Å². The van der Waals surface area contributed by atoms with Gasteiger partial charge in [0.15, 0.2) is 5.96 Å². The van der Waals surface area contributed by atoms with Gasteiger partial charge in [-0.15, -0.1) is 24.0 Å². The highest BCUT2D eigenvalue weighted by molar-refractivity contribution is 14.0. The molecule has 0 radical (unpaired) electrons. The summed E-state index contributed by atoms with van der Waals surface area (Å²) in [6.45, 7) is 2.14. The topological polar surface area (TPSA) is 76.4 Å². The number of nitrogens with zero attached hydrogens (tertiary/aromatic N) is 4. The highest BCUT2D eigenvalue weighted by Gasteiger charge is 2.19. The molecule has 0 saturated carbocycles. The molecule has 148 valence electrons. The molecule has 0 amide bonds. The van der Waals surface area contributed by atoms with Gasteiger partial charge in [0, 0.05) is 27.2 Å². The molecule has 3 rings (SSSR count). The molecule has 2 N–H and O–H groups in total. The van der Waals surface area contributed by atoms with Crippen LogP contribution in [0.25, 0.3) is 0 Å². The van der Waals surface area contributed by atoms with Gasteiger partial charge in [-0.3, -0.25) is 9.67 Å². The fraction of sp³-hybridized carbons (Fsp3) is 0.526. The SMILES string of the molecule is CN=C(NCCCOC1CCCc2ccccc21)NCc1ncnn1C.I.